The van der Waals surface area contributed by atoms with Crippen molar-refractivity contribution in [2.24, 2.45) is 0 Å². The van der Waals surface area contributed by atoms with Gasteiger partial charge in [0.1, 0.15) is 0 Å². The zero-order valence-electron chi connectivity index (χ0n) is 15.3. The van der Waals surface area contributed by atoms with E-state index in [9.17, 15) is 4.79 Å². The minimum absolute atomic E-state index is 0.00403. The van der Waals surface area contributed by atoms with Gasteiger partial charge >= 0.3 is 0 Å². The Labute approximate surface area is 162 Å². The standard InChI is InChI=1S/C20H23BrN2O3/c1-13-8-16(4-5-17(13)21)22-20(24)12-23-7-6-14-9-18(25-2)19(26-3)10-15(14)11-23/h4-5,8-10H,6-7,11-12H2,1-3H3,(H,22,24). The van der Waals surface area contributed by atoms with Gasteiger partial charge in [-0.1, -0.05) is 15.9 Å². The largest absolute Gasteiger partial charge is 0.493 e. The van der Waals surface area contributed by atoms with Crippen LogP contribution in [0.3, 0.4) is 0 Å². The predicted molar refractivity (Wildman–Crippen MR) is 106 cm³/mol. The maximum atomic E-state index is 12.4. The molecule has 3 rings (SSSR count). The first-order chi connectivity index (χ1) is 12.5. The Bertz CT molecular complexity index is 823. The number of carbonyl (C=O) groups excluding carboxylic acids is 1. The van der Waals surface area contributed by atoms with Crippen LogP contribution in [0.25, 0.3) is 0 Å². The molecule has 6 heteroatoms. The molecule has 0 aliphatic carbocycles. The number of nitrogens with one attached hydrogen (secondary N) is 1. The first-order valence-corrected chi connectivity index (χ1v) is 9.31. The number of benzene rings is 2. The highest BCUT2D eigenvalue weighted by molar-refractivity contribution is 9.10. The molecule has 1 heterocycles. The number of methoxy groups -OCH3 is 2. The number of anilines is 1. The summed E-state index contributed by atoms with van der Waals surface area (Å²) in [7, 11) is 3.28. The summed E-state index contributed by atoms with van der Waals surface area (Å²) >= 11 is 3.47. The van der Waals surface area contributed by atoms with Crippen molar-refractivity contribution < 1.29 is 14.3 Å². The highest BCUT2D eigenvalue weighted by atomic mass is 79.9. The highest BCUT2D eigenvalue weighted by Gasteiger charge is 2.21. The fourth-order valence-electron chi connectivity index (χ4n) is 3.20. The summed E-state index contributed by atoms with van der Waals surface area (Å²) in [5.41, 5.74) is 4.35. The van der Waals surface area contributed by atoms with Crippen molar-refractivity contribution >= 4 is 27.5 Å². The van der Waals surface area contributed by atoms with Gasteiger partial charge in [0, 0.05) is 23.2 Å². The number of aryl methyl sites for hydroxylation is 1. The second-order valence-corrected chi connectivity index (χ2v) is 7.30. The van der Waals surface area contributed by atoms with Crippen molar-refractivity contribution in [2.75, 3.05) is 32.6 Å². The van der Waals surface area contributed by atoms with Gasteiger partial charge in [-0.05, 0) is 60.4 Å². The molecule has 5 nitrogen and oxygen atoms in total. The van der Waals surface area contributed by atoms with Crippen LogP contribution in [-0.2, 0) is 17.8 Å². The van der Waals surface area contributed by atoms with E-state index in [2.05, 4.69) is 26.1 Å². The van der Waals surface area contributed by atoms with Gasteiger partial charge in [-0.15, -0.1) is 0 Å². The third-order valence-corrected chi connectivity index (χ3v) is 5.50. The number of hydrogen-bond acceptors (Lipinski definition) is 4. The van der Waals surface area contributed by atoms with E-state index in [0.717, 1.165) is 46.7 Å². The monoisotopic (exact) mass is 418 g/mol. The number of amides is 1. The van der Waals surface area contributed by atoms with Crippen LogP contribution in [0.4, 0.5) is 5.69 Å². The van der Waals surface area contributed by atoms with E-state index in [0.29, 0.717) is 6.54 Å². The molecule has 0 radical (unpaired) electrons. The average Bonchev–Trinajstić information content (AvgIpc) is 2.63. The summed E-state index contributed by atoms with van der Waals surface area (Å²) < 4.78 is 11.8. The Morgan fingerprint density at radius 3 is 2.50 bits per heavy atom. The lowest BCUT2D eigenvalue weighted by atomic mass is 9.99. The average molecular weight is 419 g/mol. The van der Waals surface area contributed by atoms with Crippen LogP contribution in [0.5, 0.6) is 11.5 Å². The molecule has 0 saturated heterocycles. The van der Waals surface area contributed by atoms with Crippen molar-refractivity contribution in [2.45, 2.75) is 19.9 Å². The lowest BCUT2D eigenvalue weighted by molar-refractivity contribution is -0.117. The molecular formula is C20H23BrN2O3. The zero-order valence-corrected chi connectivity index (χ0v) is 16.9. The van der Waals surface area contributed by atoms with Gasteiger partial charge in [0.2, 0.25) is 5.91 Å². The molecule has 1 amide bonds. The fourth-order valence-corrected chi connectivity index (χ4v) is 3.45. The summed E-state index contributed by atoms with van der Waals surface area (Å²) in [6.45, 7) is 3.93. The van der Waals surface area contributed by atoms with Crippen LogP contribution in [0.2, 0.25) is 0 Å². The van der Waals surface area contributed by atoms with E-state index < -0.39 is 0 Å². The fraction of sp³-hybridized carbons (Fsp3) is 0.350. The maximum Gasteiger partial charge on any atom is 0.238 e. The Morgan fingerprint density at radius 1 is 1.15 bits per heavy atom. The van der Waals surface area contributed by atoms with Crippen LogP contribution >= 0.6 is 15.9 Å². The summed E-state index contributed by atoms with van der Waals surface area (Å²) in [5, 5.41) is 2.98. The number of halogens is 1. The van der Waals surface area contributed by atoms with Crippen LogP contribution in [0.1, 0.15) is 16.7 Å². The van der Waals surface area contributed by atoms with E-state index in [1.54, 1.807) is 14.2 Å². The third kappa shape index (κ3) is 4.19. The van der Waals surface area contributed by atoms with Crippen molar-refractivity contribution in [3.8, 4) is 11.5 Å². The number of rotatable bonds is 5. The van der Waals surface area contributed by atoms with Gasteiger partial charge < -0.3 is 14.8 Å². The molecule has 0 atom stereocenters. The Hall–Kier alpha value is -2.05. The van der Waals surface area contributed by atoms with E-state index in [1.165, 1.54) is 11.1 Å². The predicted octanol–water partition coefficient (Wildman–Crippen LogP) is 3.77. The van der Waals surface area contributed by atoms with Crippen LogP contribution in [0.15, 0.2) is 34.8 Å². The van der Waals surface area contributed by atoms with Gasteiger partial charge in [0.05, 0.1) is 20.8 Å². The lowest BCUT2D eigenvalue weighted by Crippen LogP contribution is -2.37. The molecular weight excluding hydrogens is 396 g/mol. The molecule has 0 bridgehead atoms. The van der Waals surface area contributed by atoms with E-state index in [-0.39, 0.29) is 5.91 Å². The van der Waals surface area contributed by atoms with Crippen molar-refractivity contribution in [3.63, 3.8) is 0 Å². The van der Waals surface area contributed by atoms with Crippen molar-refractivity contribution in [1.29, 1.82) is 0 Å². The van der Waals surface area contributed by atoms with Gasteiger partial charge in [-0.25, -0.2) is 0 Å². The quantitative estimate of drug-likeness (QED) is 0.802. The Morgan fingerprint density at radius 2 is 1.85 bits per heavy atom. The Kier molecular flexibility index (Phi) is 5.84. The first kappa shape index (κ1) is 18.7. The molecule has 26 heavy (non-hydrogen) atoms. The third-order valence-electron chi connectivity index (χ3n) is 4.61. The molecule has 1 N–H and O–H groups in total. The van der Waals surface area contributed by atoms with E-state index in [1.807, 2.05) is 37.3 Å². The van der Waals surface area contributed by atoms with E-state index in [4.69, 9.17) is 9.47 Å². The molecule has 2 aromatic rings. The lowest BCUT2D eigenvalue weighted by Gasteiger charge is -2.29. The van der Waals surface area contributed by atoms with Gasteiger partial charge in [0.15, 0.2) is 11.5 Å². The van der Waals surface area contributed by atoms with Gasteiger partial charge in [0.25, 0.3) is 0 Å². The second kappa shape index (κ2) is 8.10. The van der Waals surface area contributed by atoms with Crippen molar-refractivity contribution in [3.05, 3.63) is 51.5 Å². The van der Waals surface area contributed by atoms with Gasteiger partial charge in [-0.2, -0.15) is 0 Å². The molecule has 0 fully saturated rings. The van der Waals surface area contributed by atoms with Crippen molar-refractivity contribution in [1.82, 2.24) is 4.90 Å². The number of nitrogens with zero attached hydrogens (tertiary/aromatic N) is 1. The maximum absolute atomic E-state index is 12.4. The molecule has 2 aromatic carbocycles. The minimum atomic E-state index is -0.00403. The number of hydrogen-bond donors (Lipinski definition) is 1. The molecule has 0 unspecified atom stereocenters. The summed E-state index contributed by atoms with van der Waals surface area (Å²) in [5.74, 6) is 1.47. The smallest absolute Gasteiger partial charge is 0.238 e. The van der Waals surface area contributed by atoms with Crippen LogP contribution in [0, 0.1) is 6.92 Å². The molecule has 0 spiro atoms. The summed E-state index contributed by atoms with van der Waals surface area (Å²) in [4.78, 5) is 14.6. The van der Waals surface area contributed by atoms with Gasteiger partial charge in [-0.3, -0.25) is 9.69 Å². The molecule has 1 aliphatic rings. The Balaban J connectivity index is 1.65. The number of ether oxygens (including phenoxy) is 2. The topological polar surface area (TPSA) is 50.8 Å². The summed E-state index contributed by atoms with van der Waals surface area (Å²) in [6, 6.07) is 9.86. The zero-order chi connectivity index (χ0) is 18.7. The van der Waals surface area contributed by atoms with Crippen LogP contribution < -0.4 is 14.8 Å². The molecule has 1 aliphatic heterocycles. The first-order valence-electron chi connectivity index (χ1n) is 8.52. The molecule has 0 saturated carbocycles. The second-order valence-electron chi connectivity index (χ2n) is 6.45. The van der Waals surface area contributed by atoms with Crippen LogP contribution in [-0.4, -0.2) is 38.1 Å². The minimum Gasteiger partial charge on any atom is -0.493 e. The highest BCUT2D eigenvalue weighted by Crippen LogP contribution is 2.33. The molecule has 0 aromatic heterocycles. The summed E-state index contributed by atoms with van der Waals surface area (Å²) in [6.07, 6.45) is 0.889. The van der Waals surface area contributed by atoms with E-state index >= 15 is 0 Å². The number of fused-ring (bicyclic) bond motifs is 1. The molecule has 138 valence electrons. The SMILES string of the molecule is COc1cc2c(cc1OC)CN(CC(=O)Nc1ccc(Br)c(C)c1)CC2. The normalized spacial score (nSPS) is 13.8. The number of carbonyl (C=O) groups is 1.